The Kier molecular flexibility index (Phi) is 6.62. The van der Waals surface area contributed by atoms with Crippen molar-refractivity contribution in [3.8, 4) is 11.5 Å². The van der Waals surface area contributed by atoms with Gasteiger partial charge in [-0.15, -0.1) is 0 Å². The van der Waals surface area contributed by atoms with Gasteiger partial charge in [0.2, 0.25) is 0 Å². The molecule has 0 fully saturated rings. The van der Waals surface area contributed by atoms with Gasteiger partial charge in [0.15, 0.2) is 11.5 Å². The molecule has 2 unspecified atom stereocenters. The lowest BCUT2D eigenvalue weighted by Gasteiger charge is -2.20. The standard InChI is InChI=1S/C14H24N2O3/c1-3-8-19-12-5-4-10(9-13(12)18-2)14(17)11(16)6-7-15/h4-5,9,11,14,17H,3,6-8,15-16H2,1-2H3. The van der Waals surface area contributed by atoms with Crippen LogP contribution >= 0.6 is 0 Å². The van der Waals surface area contributed by atoms with Gasteiger partial charge in [-0.25, -0.2) is 0 Å². The molecule has 0 saturated heterocycles. The molecular formula is C14H24N2O3. The van der Waals surface area contributed by atoms with Gasteiger partial charge in [0.05, 0.1) is 19.8 Å². The maximum Gasteiger partial charge on any atom is 0.161 e. The molecule has 5 heteroatoms. The molecule has 0 aliphatic carbocycles. The zero-order valence-electron chi connectivity index (χ0n) is 11.6. The van der Waals surface area contributed by atoms with Crippen LogP contribution in [0.25, 0.3) is 0 Å². The maximum atomic E-state index is 10.1. The molecule has 0 spiro atoms. The van der Waals surface area contributed by atoms with Crippen LogP contribution in [0, 0.1) is 0 Å². The first-order valence-corrected chi connectivity index (χ1v) is 6.58. The van der Waals surface area contributed by atoms with Gasteiger partial charge in [0, 0.05) is 6.04 Å². The van der Waals surface area contributed by atoms with Crippen LogP contribution in [0.3, 0.4) is 0 Å². The second kappa shape index (κ2) is 7.99. The van der Waals surface area contributed by atoms with Gasteiger partial charge in [0.25, 0.3) is 0 Å². The summed E-state index contributed by atoms with van der Waals surface area (Å²) in [4.78, 5) is 0. The van der Waals surface area contributed by atoms with Gasteiger partial charge in [-0.05, 0) is 37.1 Å². The van der Waals surface area contributed by atoms with Crippen molar-refractivity contribution < 1.29 is 14.6 Å². The fraction of sp³-hybridized carbons (Fsp3) is 0.571. The molecule has 0 radical (unpaired) electrons. The summed E-state index contributed by atoms with van der Waals surface area (Å²) in [7, 11) is 1.57. The molecule has 0 aliphatic heterocycles. The maximum absolute atomic E-state index is 10.1. The summed E-state index contributed by atoms with van der Waals surface area (Å²) in [5, 5.41) is 10.1. The molecule has 0 heterocycles. The van der Waals surface area contributed by atoms with E-state index in [0.29, 0.717) is 36.6 Å². The van der Waals surface area contributed by atoms with E-state index < -0.39 is 6.10 Å². The summed E-state index contributed by atoms with van der Waals surface area (Å²) in [5.74, 6) is 1.28. The highest BCUT2D eigenvalue weighted by Crippen LogP contribution is 2.31. The second-order valence-electron chi connectivity index (χ2n) is 4.44. The summed E-state index contributed by atoms with van der Waals surface area (Å²) in [6.45, 7) is 3.12. The van der Waals surface area contributed by atoms with Crippen LogP contribution in [0.15, 0.2) is 18.2 Å². The highest BCUT2D eigenvalue weighted by atomic mass is 16.5. The largest absolute Gasteiger partial charge is 0.493 e. The van der Waals surface area contributed by atoms with Crippen molar-refractivity contribution in [1.29, 1.82) is 0 Å². The Labute approximate surface area is 114 Å². The Balaban J connectivity index is 2.86. The number of hydrogen-bond donors (Lipinski definition) is 3. The van der Waals surface area contributed by atoms with Crippen LogP contribution in [0.4, 0.5) is 0 Å². The first-order valence-electron chi connectivity index (χ1n) is 6.58. The van der Waals surface area contributed by atoms with Crippen LogP contribution in [0.2, 0.25) is 0 Å². The molecule has 5 N–H and O–H groups in total. The summed E-state index contributed by atoms with van der Waals surface area (Å²) >= 11 is 0. The average molecular weight is 268 g/mol. The van der Waals surface area contributed by atoms with E-state index in [-0.39, 0.29) is 6.04 Å². The van der Waals surface area contributed by atoms with Crippen LogP contribution in [-0.2, 0) is 0 Å². The monoisotopic (exact) mass is 268 g/mol. The quantitative estimate of drug-likeness (QED) is 0.659. The van der Waals surface area contributed by atoms with E-state index in [9.17, 15) is 5.11 Å². The molecule has 0 amide bonds. The minimum Gasteiger partial charge on any atom is -0.493 e. The van der Waals surface area contributed by atoms with Crippen LogP contribution < -0.4 is 20.9 Å². The lowest BCUT2D eigenvalue weighted by Crippen LogP contribution is -2.30. The lowest BCUT2D eigenvalue weighted by atomic mass is 10.00. The molecule has 108 valence electrons. The Morgan fingerprint density at radius 3 is 2.63 bits per heavy atom. The molecular weight excluding hydrogens is 244 g/mol. The third-order valence-electron chi connectivity index (χ3n) is 2.90. The normalized spacial score (nSPS) is 13.9. The molecule has 2 atom stereocenters. The highest BCUT2D eigenvalue weighted by molar-refractivity contribution is 5.43. The van der Waals surface area contributed by atoms with Crippen molar-refractivity contribution in [2.24, 2.45) is 11.5 Å². The van der Waals surface area contributed by atoms with E-state index in [0.717, 1.165) is 6.42 Å². The van der Waals surface area contributed by atoms with E-state index in [1.54, 1.807) is 25.3 Å². The lowest BCUT2D eigenvalue weighted by molar-refractivity contribution is 0.142. The van der Waals surface area contributed by atoms with Crippen molar-refractivity contribution in [3.05, 3.63) is 23.8 Å². The molecule has 0 aromatic heterocycles. The molecule has 19 heavy (non-hydrogen) atoms. The fourth-order valence-corrected chi connectivity index (χ4v) is 1.80. The topological polar surface area (TPSA) is 90.7 Å². The van der Waals surface area contributed by atoms with E-state index >= 15 is 0 Å². The number of benzene rings is 1. The Hall–Kier alpha value is -1.30. The third-order valence-corrected chi connectivity index (χ3v) is 2.90. The minimum atomic E-state index is -0.752. The third kappa shape index (κ3) is 4.38. The van der Waals surface area contributed by atoms with Gasteiger partial charge in [-0.1, -0.05) is 13.0 Å². The smallest absolute Gasteiger partial charge is 0.161 e. The number of hydrogen-bond acceptors (Lipinski definition) is 5. The van der Waals surface area contributed by atoms with Crippen LogP contribution in [-0.4, -0.2) is 31.4 Å². The molecule has 5 nitrogen and oxygen atoms in total. The summed E-state index contributed by atoms with van der Waals surface area (Å²) in [5.41, 5.74) is 12.0. The number of rotatable bonds is 8. The van der Waals surface area contributed by atoms with Gasteiger partial charge in [-0.2, -0.15) is 0 Å². The van der Waals surface area contributed by atoms with Crippen LogP contribution in [0.5, 0.6) is 11.5 Å². The highest BCUT2D eigenvalue weighted by Gasteiger charge is 2.18. The number of aliphatic hydroxyl groups excluding tert-OH is 1. The van der Waals surface area contributed by atoms with Gasteiger partial charge in [-0.3, -0.25) is 0 Å². The molecule has 0 bridgehead atoms. The zero-order valence-corrected chi connectivity index (χ0v) is 11.6. The van der Waals surface area contributed by atoms with Crippen molar-refractivity contribution in [2.75, 3.05) is 20.3 Å². The van der Waals surface area contributed by atoms with Crippen molar-refractivity contribution >= 4 is 0 Å². The van der Waals surface area contributed by atoms with Gasteiger partial charge in [0.1, 0.15) is 0 Å². The van der Waals surface area contributed by atoms with E-state index in [2.05, 4.69) is 0 Å². The van der Waals surface area contributed by atoms with Crippen LogP contribution in [0.1, 0.15) is 31.4 Å². The number of methoxy groups -OCH3 is 1. The Morgan fingerprint density at radius 2 is 2.05 bits per heavy atom. The first kappa shape index (κ1) is 15.8. The predicted octanol–water partition coefficient (Wildman–Crippen LogP) is 1.19. The number of nitrogens with two attached hydrogens (primary N) is 2. The zero-order chi connectivity index (χ0) is 14.3. The molecule has 1 aromatic carbocycles. The van der Waals surface area contributed by atoms with E-state index in [4.69, 9.17) is 20.9 Å². The van der Waals surface area contributed by atoms with Crippen molar-refractivity contribution in [1.82, 2.24) is 0 Å². The molecule has 0 saturated carbocycles. The summed E-state index contributed by atoms with van der Waals surface area (Å²) in [6, 6.07) is 4.97. The number of aliphatic hydroxyl groups is 1. The van der Waals surface area contributed by atoms with E-state index in [1.165, 1.54) is 0 Å². The Morgan fingerprint density at radius 1 is 1.32 bits per heavy atom. The second-order valence-corrected chi connectivity index (χ2v) is 4.44. The number of ether oxygens (including phenoxy) is 2. The van der Waals surface area contributed by atoms with Gasteiger partial charge >= 0.3 is 0 Å². The predicted molar refractivity (Wildman–Crippen MR) is 75.4 cm³/mol. The average Bonchev–Trinajstić information content (AvgIpc) is 2.44. The Bertz CT molecular complexity index is 385. The first-order chi connectivity index (χ1) is 9.13. The van der Waals surface area contributed by atoms with Gasteiger partial charge < -0.3 is 26.0 Å². The minimum absolute atomic E-state index is 0.378. The summed E-state index contributed by atoms with van der Waals surface area (Å²) in [6.07, 6.45) is 0.740. The fourth-order valence-electron chi connectivity index (χ4n) is 1.80. The molecule has 1 rings (SSSR count). The van der Waals surface area contributed by atoms with E-state index in [1.807, 2.05) is 6.92 Å². The van der Waals surface area contributed by atoms with Crippen molar-refractivity contribution in [2.45, 2.75) is 31.9 Å². The summed E-state index contributed by atoms with van der Waals surface area (Å²) < 4.78 is 10.8. The molecule has 0 aliphatic rings. The van der Waals surface area contributed by atoms with Crippen molar-refractivity contribution in [3.63, 3.8) is 0 Å². The SMILES string of the molecule is CCCOc1ccc(C(O)C(N)CCN)cc1OC. The molecule has 1 aromatic rings.